The lowest BCUT2D eigenvalue weighted by molar-refractivity contribution is 0.474. The summed E-state index contributed by atoms with van der Waals surface area (Å²) in [5.74, 6) is -0.307. The number of benzene rings is 1. The van der Waals surface area contributed by atoms with Gasteiger partial charge in [0.15, 0.2) is 0 Å². The van der Waals surface area contributed by atoms with E-state index in [9.17, 15) is 4.39 Å². The van der Waals surface area contributed by atoms with Crippen molar-refractivity contribution >= 4 is 11.6 Å². The minimum atomic E-state index is -0.307. The highest BCUT2D eigenvalue weighted by Crippen LogP contribution is 2.26. The Hall–Kier alpha value is -0.860. The van der Waals surface area contributed by atoms with Gasteiger partial charge in [0.1, 0.15) is 5.82 Å². The fraction of sp³-hybridized carbons (Fsp3) is 0.429. The molecule has 1 unspecified atom stereocenters. The van der Waals surface area contributed by atoms with Crippen LogP contribution in [0, 0.1) is 5.82 Å². The zero-order chi connectivity index (χ0) is 12.7. The Morgan fingerprint density at radius 2 is 2.29 bits per heavy atom. The first-order chi connectivity index (χ1) is 8.20. The molecular weight excluding hydrogens is 237 g/mol. The van der Waals surface area contributed by atoms with Gasteiger partial charge in [0.05, 0.1) is 5.02 Å². The van der Waals surface area contributed by atoms with E-state index in [-0.39, 0.29) is 16.9 Å². The minimum absolute atomic E-state index is 0.0265. The normalized spacial score (nSPS) is 12.4. The molecule has 1 nitrogen and oxygen atoms in total. The molecule has 0 aliphatic rings. The average molecular weight is 256 g/mol. The van der Waals surface area contributed by atoms with Gasteiger partial charge in [-0.25, -0.2) is 4.39 Å². The summed E-state index contributed by atoms with van der Waals surface area (Å²) in [5, 5.41) is 3.48. The molecule has 3 heteroatoms. The number of hydrogen-bond donors (Lipinski definition) is 1. The molecule has 0 fully saturated rings. The molecule has 0 radical (unpaired) electrons. The highest BCUT2D eigenvalue weighted by molar-refractivity contribution is 6.30. The second-order valence-corrected chi connectivity index (χ2v) is 4.38. The van der Waals surface area contributed by atoms with E-state index in [1.54, 1.807) is 18.2 Å². The molecule has 1 atom stereocenters. The van der Waals surface area contributed by atoms with E-state index in [1.807, 2.05) is 13.0 Å². The van der Waals surface area contributed by atoms with Crippen LogP contribution >= 0.6 is 11.6 Å². The monoisotopic (exact) mass is 255 g/mol. The molecule has 1 N–H and O–H groups in total. The van der Waals surface area contributed by atoms with E-state index in [0.29, 0.717) is 5.56 Å². The fourth-order valence-corrected chi connectivity index (χ4v) is 2.05. The van der Waals surface area contributed by atoms with Gasteiger partial charge in [-0.1, -0.05) is 36.7 Å². The van der Waals surface area contributed by atoms with Crippen LogP contribution in [0.1, 0.15) is 37.8 Å². The molecule has 0 amide bonds. The molecule has 0 aliphatic carbocycles. The summed E-state index contributed by atoms with van der Waals surface area (Å²) in [6.07, 6.45) is 4.71. The Morgan fingerprint density at radius 1 is 1.53 bits per heavy atom. The maximum atomic E-state index is 13.9. The Balaban J connectivity index is 2.81. The lowest BCUT2D eigenvalue weighted by Gasteiger charge is -2.19. The first-order valence-electron chi connectivity index (χ1n) is 5.98. The van der Waals surface area contributed by atoms with Crippen molar-refractivity contribution in [2.24, 2.45) is 0 Å². The molecule has 1 aromatic rings. The van der Waals surface area contributed by atoms with Crippen LogP contribution in [-0.4, -0.2) is 6.54 Å². The van der Waals surface area contributed by atoms with E-state index in [0.717, 1.165) is 25.8 Å². The number of allylic oxidation sites excluding steroid dienone is 1. The Labute approximate surface area is 108 Å². The van der Waals surface area contributed by atoms with Crippen molar-refractivity contribution in [3.05, 3.63) is 47.3 Å². The Kier molecular flexibility index (Phi) is 6.23. The molecule has 17 heavy (non-hydrogen) atoms. The van der Waals surface area contributed by atoms with Crippen molar-refractivity contribution in [2.75, 3.05) is 6.54 Å². The maximum Gasteiger partial charge on any atom is 0.146 e. The van der Waals surface area contributed by atoms with Crippen LogP contribution in [0.4, 0.5) is 4.39 Å². The van der Waals surface area contributed by atoms with Crippen molar-refractivity contribution in [2.45, 2.75) is 32.2 Å². The van der Waals surface area contributed by atoms with E-state index >= 15 is 0 Å². The van der Waals surface area contributed by atoms with Crippen LogP contribution in [-0.2, 0) is 0 Å². The quantitative estimate of drug-likeness (QED) is 0.559. The third kappa shape index (κ3) is 4.14. The zero-order valence-corrected chi connectivity index (χ0v) is 10.9. The van der Waals surface area contributed by atoms with Gasteiger partial charge < -0.3 is 5.32 Å². The number of nitrogens with one attached hydrogen (secondary N) is 1. The number of unbranched alkanes of at least 4 members (excludes halogenated alkanes) is 1. The molecule has 1 aromatic carbocycles. The summed E-state index contributed by atoms with van der Waals surface area (Å²) in [4.78, 5) is 0. The molecule has 0 bridgehead atoms. The first-order valence-corrected chi connectivity index (χ1v) is 6.36. The minimum Gasteiger partial charge on any atom is -0.310 e. The summed E-state index contributed by atoms with van der Waals surface area (Å²) >= 11 is 5.80. The second-order valence-electron chi connectivity index (χ2n) is 3.97. The summed E-state index contributed by atoms with van der Waals surface area (Å²) in [5.41, 5.74) is 0.656. The number of halogens is 2. The van der Waals surface area contributed by atoms with Crippen LogP contribution in [0.3, 0.4) is 0 Å². The third-order valence-corrected chi connectivity index (χ3v) is 3.00. The molecule has 0 aromatic heterocycles. The van der Waals surface area contributed by atoms with Crippen molar-refractivity contribution in [3.63, 3.8) is 0 Å². The molecule has 0 saturated carbocycles. The summed E-state index contributed by atoms with van der Waals surface area (Å²) in [6.45, 7) is 6.52. The van der Waals surface area contributed by atoms with Gasteiger partial charge in [-0.15, -0.1) is 6.58 Å². The van der Waals surface area contributed by atoms with Gasteiger partial charge in [0.2, 0.25) is 0 Å². The topological polar surface area (TPSA) is 12.0 Å². The summed E-state index contributed by atoms with van der Waals surface area (Å²) in [6, 6.07) is 5.19. The van der Waals surface area contributed by atoms with Crippen molar-refractivity contribution < 1.29 is 4.39 Å². The lowest BCUT2D eigenvalue weighted by Crippen LogP contribution is -2.22. The van der Waals surface area contributed by atoms with Gasteiger partial charge >= 0.3 is 0 Å². The van der Waals surface area contributed by atoms with Crippen LogP contribution in [0.2, 0.25) is 5.02 Å². The Morgan fingerprint density at radius 3 is 2.94 bits per heavy atom. The van der Waals surface area contributed by atoms with Crippen molar-refractivity contribution in [1.29, 1.82) is 0 Å². The molecule has 0 heterocycles. The van der Waals surface area contributed by atoms with Crippen molar-refractivity contribution in [3.8, 4) is 0 Å². The average Bonchev–Trinajstić information content (AvgIpc) is 2.32. The number of hydrogen-bond acceptors (Lipinski definition) is 1. The van der Waals surface area contributed by atoms with Gasteiger partial charge in [-0.3, -0.25) is 0 Å². The summed E-state index contributed by atoms with van der Waals surface area (Å²) in [7, 11) is 0. The van der Waals surface area contributed by atoms with E-state index in [4.69, 9.17) is 11.6 Å². The second kappa shape index (κ2) is 7.46. The number of rotatable bonds is 7. The SMILES string of the molecule is C=CCCCC(NCC)c1cccc(Cl)c1F. The molecule has 94 valence electrons. The largest absolute Gasteiger partial charge is 0.310 e. The predicted octanol–water partition coefficient (Wildman–Crippen LogP) is 4.49. The predicted molar refractivity (Wildman–Crippen MR) is 71.9 cm³/mol. The van der Waals surface area contributed by atoms with E-state index in [2.05, 4.69) is 11.9 Å². The van der Waals surface area contributed by atoms with Crippen molar-refractivity contribution in [1.82, 2.24) is 5.32 Å². The van der Waals surface area contributed by atoms with Crippen LogP contribution in [0.5, 0.6) is 0 Å². The van der Waals surface area contributed by atoms with Gasteiger partial charge in [0.25, 0.3) is 0 Å². The van der Waals surface area contributed by atoms with Crippen LogP contribution < -0.4 is 5.32 Å². The molecular formula is C14H19ClFN. The summed E-state index contributed by atoms with van der Waals surface area (Å²) < 4.78 is 13.9. The highest BCUT2D eigenvalue weighted by atomic mass is 35.5. The van der Waals surface area contributed by atoms with E-state index in [1.165, 1.54) is 0 Å². The molecule has 0 saturated heterocycles. The van der Waals surface area contributed by atoms with Crippen LogP contribution in [0.25, 0.3) is 0 Å². The molecule has 0 spiro atoms. The highest BCUT2D eigenvalue weighted by Gasteiger charge is 2.15. The lowest BCUT2D eigenvalue weighted by atomic mass is 10.0. The molecule has 1 rings (SSSR count). The Bertz CT molecular complexity index is 365. The van der Waals surface area contributed by atoms with Crippen LogP contribution in [0.15, 0.2) is 30.9 Å². The first kappa shape index (κ1) is 14.2. The van der Waals surface area contributed by atoms with Gasteiger partial charge in [0, 0.05) is 11.6 Å². The molecule has 0 aliphatic heterocycles. The smallest absolute Gasteiger partial charge is 0.146 e. The van der Waals surface area contributed by atoms with Gasteiger partial charge in [-0.2, -0.15) is 0 Å². The zero-order valence-electron chi connectivity index (χ0n) is 10.2. The standard InChI is InChI=1S/C14H19ClFN/c1-3-5-6-10-13(17-4-2)11-8-7-9-12(15)14(11)16/h3,7-9,13,17H,1,4-6,10H2,2H3. The fourth-order valence-electron chi connectivity index (χ4n) is 1.87. The maximum absolute atomic E-state index is 13.9. The van der Waals surface area contributed by atoms with Gasteiger partial charge in [-0.05, 0) is 31.9 Å². The van der Waals surface area contributed by atoms with E-state index < -0.39 is 0 Å². The third-order valence-electron chi connectivity index (χ3n) is 2.71.